The second kappa shape index (κ2) is 4.67. The van der Waals surface area contributed by atoms with Crippen molar-refractivity contribution in [1.82, 2.24) is 9.55 Å². The summed E-state index contributed by atoms with van der Waals surface area (Å²) in [6, 6.07) is 2.41. The normalized spacial score (nSPS) is 23.6. The lowest BCUT2D eigenvalue weighted by Gasteiger charge is -2.30. The Balaban J connectivity index is 1.55. The minimum Gasteiger partial charge on any atom is -0.381 e. The van der Waals surface area contributed by atoms with E-state index < -0.39 is 5.67 Å². The van der Waals surface area contributed by atoms with Gasteiger partial charge in [-0.2, -0.15) is 0 Å². The third kappa shape index (κ3) is 1.91. The van der Waals surface area contributed by atoms with Gasteiger partial charge in [0.05, 0.1) is 24.3 Å². The van der Waals surface area contributed by atoms with E-state index >= 15 is 0 Å². The number of hydrogen-bond acceptors (Lipinski definition) is 3. The van der Waals surface area contributed by atoms with Crippen LogP contribution in [0.4, 0.5) is 4.39 Å². The number of imidazole rings is 1. The number of thiophene rings is 1. The fraction of sp³-hybridized carbons (Fsp3) is 0.533. The number of rotatable bonds is 3. The Morgan fingerprint density at radius 1 is 1.45 bits per heavy atom. The quantitative estimate of drug-likeness (QED) is 0.860. The number of ether oxygens (including phenoxy) is 1. The number of nitrogens with zero attached hydrogens (tertiary/aromatic N) is 2. The van der Waals surface area contributed by atoms with Crippen LogP contribution in [0.25, 0.3) is 11.3 Å². The molecule has 2 aliphatic rings. The Morgan fingerprint density at radius 2 is 2.30 bits per heavy atom. The molecule has 1 saturated heterocycles. The van der Waals surface area contributed by atoms with Crippen molar-refractivity contribution in [2.24, 2.45) is 0 Å². The summed E-state index contributed by atoms with van der Waals surface area (Å²) in [5.41, 5.74) is 1.41. The third-order valence-electron chi connectivity index (χ3n) is 4.53. The zero-order chi connectivity index (χ0) is 13.6. The van der Waals surface area contributed by atoms with Crippen LogP contribution in [-0.2, 0) is 4.74 Å². The zero-order valence-electron chi connectivity index (χ0n) is 11.2. The molecule has 4 heterocycles. The summed E-state index contributed by atoms with van der Waals surface area (Å²) in [6.45, 7) is 1.11. The molecule has 1 fully saturated rings. The second-order valence-electron chi connectivity index (χ2n) is 5.70. The molecule has 3 nitrogen and oxygen atoms in total. The van der Waals surface area contributed by atoms with E-state index in [1.165, 1.54) is 16.1 Å². The summed E-state index contributed by atoms with van der Waals surface area (Å²) in [5.74, 6) is 0. The molecular formula is C15H17FN2OS. The van der Waals surface area contributed by atoms with Crippen molar-refractivity contribution in [3.8, 4) is 11.3 Å². The van der Waals surface area contributed by atoms with E-state index in [4.69, 9.17) is 4.74 Å². The highest BCUT2D eigenvalue weighted by Crippen LogP contribution is 2.46. The first kappa shape index (κ1) is 12.5. The summed E-state index contributed by atoms with van der Waals surface area (Å²) < 4.78 is 22.2. The molecule has 0 saturated carbocycles. The minimum atomic E-state index is -1.04. The van der Waals surface area contributed by atoms with Crippen molar-refractivity contribution in [3.05, 3.63) is 28.8 Å². The minimum absolute atomic E-state index is 0.262. The Morgan fingerprint density at radius 3 is 3.15 bits per heavy atom. The van der Waals surface area contributed by atoms with E-state index in [0.29, 0.717) is 32.5 Å². The molecule has 106 valence electrons. The number of aromatic nitrogens is 2. The molecule has 0 amide bonds. The van der Waals surface area contributed by atoms with E-state index in [2.05, 4.69) is 21.0 Å². The van der Waals surface area contributed by atoms with Crippen LogP contribution in [0.5, 0.6) is 0 Å². The standard InChI is InChI=1S/C15H17FN2OS/c16-15(4-6-19-7-5-15)3-1-12-14-11(2-8-20-14)13-9-17-10-18(12)13/h2,8-10,12H,1,3-7H2/t12-/m0/s1. The summed E-state index contributed by atoms with van der Waals surface area (Å²) in [7, 11) is 0. The average molecular weight is 292 g/mol. The Kier molecular flexibility index (Phi) is 2.93. The van der Waals surface area contributed by atoms with Gasteiger partial charge in [0.25, 0.3) is 0 Å². The van der Waals surface area contributed by atoms with Crippen LogP contribution in [0, 0.1) is 0 Å². The fourth-order valence-corrected chi connectivity index (χ4v) is 4.37. The molecular weight excluding hydrogens is 275 g/mol. The van der Waals surface area contributed by atoms with Gasteiger partial charge in [0.1, 0.15) is 5.67 Å². The lowest BCUT2D eigenvalue weighted by atomic mass is 9.89. The van der Waals surface area contributed by atoms with Gasteiger partial charge < -0.3 is 9.30 Å². The van der Waals surface area contributed by atoms with Crippen molar-refractivity contribution >= 4 is 11.3 Å². The number of alkyl halides is 1. The van der Waals surface area contributed by atoms with E-state index in [-0.39, 0.29) is 6.04 Å². The van der Waals surface area contributed by atoms with Crippen molar-refractivity contribution in [2.75, 3.05) is 13.2 Å². The highest BCUT2D eigenvalue weighted by atomic mass is 32.1. The number of halogens is 1. The predicted molar refractivity (Wildman–Crippen MR) is 76.8 cm³/mol. The molecule has 0 unspecified atom stereocenters. The van der Waals surface area contributed by atoms with Gasteiger partial charge in [0.15, 0.2) is 0 Å². The molecule has 20 heavy (non-hydrogen) atoms. The van der Waals surface area contributed by atoms with Gasteiger partial charge in [-0.1, -0.05) is 0 Å². The molecule has 0 bridgehead atoms. The smallest absolute Gasteiger partial charge is 0.115 e. The molecule has 0 aliphatic carbocycles. The van der Waals surface area contributed by atoms with Crippen molar-refractivity contribution < 1.29 is 9.13 Å². The van der Waals surface area contributed by atoms with Gasteiger partial charge in [-0.25, -0.2) is 9.37 Å². The topological polar surface area (TPSA) is 27.1 Å². The molecule has 0 aromatic carbocycles. The first-order valence-electron chi connectivity index (χ1n) is 7.13. The highest BCUT2D eigenvalue weighted by Gasteiger charge is 2.36. The maximum Gasteiger partial charge on any atom is 0.115 e. The Bertz CT molecular complexity index is 575. The van der Waals surface area contributed by atoms with E-state index in [9.17, 15) is 4.39 Å². The van der Waals surface area contributed by atoms with Crippen molar-refractivity contribution in [3.63, 3.8) is 0 Å². The maximum atomic E-state index is 14.7. The summed E-state index contributed by atoms with van der Waals surface area (Å²) in [6.07, 6.45) is 6.30. The van der Waals surface area contributed by atoms with Crippen LogP contribution in [0.3, 0.4) is 0 Å². The maximum absolute atomic E-state index is 14.7. The SMILES string of the molecule is FC1(CC[C@H]2c3sccc3-c3cncn32)CCOCC1. The molecule has 4 rings (SSSR count). The van der Waals surface area contributed by atoms with Crippen LogP contribution >= 0.6 is 11.3 Å². The van der Waals surface area contributed by atoms with Crippen LogP contribution in [0.15, 0.2) is 24.0 Å². The summed E-state index contributed by atoms with van der Waals surface area (Å²) >= 11 is 1.77. The first-order valence-corrected chi connectivity index (χ1v) is 8.01. The first-order chi connectivity index (χ1) is 9.77. The molecule has 0 radical (unpaired) electrons. The molecule has 1 atom stereocenters. The largest absolute Gasteiger partial charge is 0.381 e. The summed E-state index contributed by atoms with van der Waals surface area (Å²) in [4.78, 5) is 5.60. The van der Waals surface area contributed by atoms with Crippen LogP contribution in [-0.4, -0.2) is 28.4 Å². The van der Waals surface area contributed by atoms with Gasteiger partial charge in [0, 0.05) is 36.5 Å². The average Bonchev–Trinajstić information content (AvgIpc) is 3.11. The third-order valence-corrected chi connectivity index (χ3v) is 5.55. The summed E-state index contributed by atoms with van der Waals surface area (Å²) in [5, 5.41) is 2.12. The molecule has 2 aromatic heterocycles. The predicted octanol–water partition coefficient (Wildman–Crippen LogP) is 3.81. The molecule has 0 spiro atoms. The van der Waals surface area contributed by atoms with Crippen LogP contribution < -0.4 is 0 Å². The van der Waals surface area contributed by atoms with Gasteiger partial charge in [-0.3, -0.25) is 0 Å². The Hall–Kier alpha value is -1.20. The van der Waals surface area contributed by atoms with Crippen LogP contribution in [0.2, 0.25) is 0 Å². The van der Waals surface area contributed by atoms with E-state index in [1.54, 1.807) is 11.3 Å². The molecule has 0 N–H and O–H groups in total. The van der Waals surface area contributed by atoms with Gasteiger partial charge in [-0.15, -0.1) is 11.3 Å². The van der Waals surface area contributed by atoms with Crippen molar-refractivity contribution in [1.29, 1.82) is 0 Å². The fourth-order valence-electron chi connectivity index (χ4n) is 3.33. The second-order valence-corrected chi connectivity index (χ2v) is 6.65. The lowest BCUT2D eigenvalue weighted by molar-refractivity contribution is -0.0151. The number of fused-ring (bicyclic) bond motifs is 3. The van der Waals surface area contributed by atoms with E-state index in [1.807, 2.05) is 12.5 Å². The zero-order valence-corrected chi connectivity index (χ0v) is 12.0. The number of hydrogen-bond donors (Lipinski definition) is 0. The monoisotopic (exact) mass is 292 g/mol. The molecule has 2 aliphatic heterocycles. The van der Waals surface area contributed by atoms with Gasteiger partial charge >= 0.3 is 0 Å². The Labute approximate surface area is 121 Å². The van der Waals surface area contributed by atoms with Crippen LogP contribution in [0.1, 0.15) is 36.6 Å². The lowest BCUT2D eigenvalue weighted by Crippen LogP contribution is -2.32. The molecule has 2 aromatic rings. The van der Waals surface area contributed by atoms with E-state index in [0.717, 1.165) is 6.42 Å². The van der Waals surface area contributed by atoms with Crippen molar-refractivity contribution in [2.45, 2.75) is 37.4 Å². The van der Waals surface area contributed by atoms with Gasteiger partial charge in [0.2, 0.25) is 0 Å². The van der Waals surface area contributed by atoms with Gasteiger partial charge in [-0.05, 0) is 24.3 Å². The molecule has 5 heteroatoms. The highest BCUT2D eigenvalue weighted by molar-refractivity contribution is 7.10.